The Kier molecular flexibility index (Phi) is 4.97. The first-order valence-electron chi connectivity index (χ1n) is 5.97. The molecule has 1 N–H and O–H groups in total. The van der Waals surface area contributed by atoms with E-state index in [0.29, 0.717) is 5.02 Å². The van der Waals surface area contributed by atoms with Gasteiger partial charge in [0.05, 0.1) is 0 Å². The molecular formula is C15H14BrClFN. The Morgan fingerprint density at radius 2 is 1.89 bits per heavy atom. The average molecular weight is 343 g/mol. The molecule has 1 unspecified atom stereocenters. The number of hydrogen-bond acceptors (Lipinski definition) is 1. The van der Waals surface area contributed by atoms with Gasteiger partial charge in [0, 0.05) is 15.5 Å². The Labute approximate surface area is 125 Å². The summed E-state index contributed by atoms with van der Waals surface area (Å²) in [6.45, 7) is 0. The van der Waals surface area contributed by atoms with Crippen molar-refractivity contribution in [1.82, 2.24) is 5.32 Å². The number of likely N-dealkylation sites (N-methyl/N-ethyl adjacent to an activating group) is 1. The van der Waals surface area contributed by atoms with Crippen LogP contribution in [-0.2, 0) is 6.42 Å². The molecule has 0 aliphatic carbocycles. The summed E-state index contributed by atoms with van der Waals surface area (Å²) in [6, 6.07) is 12.7. The Bertz CT molecular complexity index is 557. The molecule has 0 aromatic heterocycles. The molecule has 0 heterocycles. The third kappa shape index (κ3) is 3.78. The van der Waals surface area contributed by atoms with E-state index >= 15 is 0 Å². The third-order valence-electron chi connectivity index (χ3n) is 3.04. The van der Waals surface area contributed by atoms with Crippen LogP contribution in [0.2, 0.25) is 5.02 Å². The molecule has 0 amide bonds. The molecule has 1 nitrogen and oxygen atoms in total. The Morgan fingerprint density at radius 1 is 1.21 bits per heavy atom. The van der Waals surface area contributed by atoms with E-state index in [1.54, 1.807) is 6.07 Å². The fourth-order valence-electron chi connectivity index (χ4n) is 2.01. The predicted molar refractivity (Wildman–Crippen MR) is 81.1 cm³/mol. The van der Waals surface area contributed by atoms with E-state index in [-0.39, 0.29) is 11.9 Å². The van der Waals surface area contributed by atoms with Crippen LogP contribution in [0.15, 0.2) is 46.9 Å². The van der Waals surface area contributed by atoms with Crippen molar-refractivity contribution in [3.63, 3.8) is 0 Å². The molecule has 0 aliphatic heterocycles. The van der Waals surface area contributed by atoms with Crippen LogP contribution in [0.25, 0.3) is 0 Å². The van der Waals surface area contributed by atoms with Gasteiger partial charge in [0.1, 0.15) is 5.82 Å². The molecule has 2 aromatic carbocycles. The molecule has 0 radical (unpaired) electrons. The van der Waals surface area contributed by atoms with Crippen LogP contribution in [0.1, 0.15) is 17.2 Å². The van der Waals surface area contributed by atoms with Gasteiger partial charge in [0.25, 0.3) is 0 Å². The second-order valence-electron chi connectivity index (χ2n) is 4.34. The highest BCUT2D eigenvalue weighted by molar-refractivity contribution is 9.10. The molecule has 0 bridgehead atoms. The number of nitrogens with one attached hydrogen (secondary N) is 1. The van der Waals surface area contributed by atoms with E-state index in [1.807, 2.05) is 19.2 Å². The van der Waals surface area contributed by atoms with Crippen LogP contribution in [0, 0.1) is 5.82 Å². The molecule has 0 fully saturated rings. The molecule has 4 heteroatoms. The minimum absolute atomic E-state index is 0.0641. The van der Waals surface area contributed by atoms with E-state index < -0.39 is 0 Å². The van der Waals surface area contributed by atoms with Gasteiger partial charge in [-0.25, -0.2) is 4.39 Å². The van der Waals surface area contributed by atoms with Crippen LogP contribution in [0.3, 0.4) is 0 Å². The lowest BCUT2D eigenvalue weighted by atomic mass is 9.99. The van der Waals surface area contributed by atoms with Crippen molar-refractivity contribution < 1.29 is 4.39 Å². The largest absolute Gasteiger partial charge is 0.313 e. The summed E-state index contributed by atoms with van der Waals surface area (Å²) in [5.41, 5.74) is 2.11. The van der Waals surface area contributed by atoms with Gasteiger partial charge in [-0.15, -0.1) is 0 Å². The normalized spacial score (nSPS) is 12.4. The molecule has 100 valence electrons. The summed E-state index contributed by atoms with van der Waals surface area (Å²) in [4.78, 5) is 0. The first-order chi connectivity index (χ1) is 9.10. The van der Waals surface area contributed by atoms with Gasteiger partial charge in [-0.1, -0.05) is 45.7 Å². The maximum absolute atomic E-state index is 13.1. The zero-order chi connectivity index (χ0) is 13.8. The topological polar surface area (TPSA) is 12.0 Å². The van der Waals surface area contributed by atoms with Gasteiger partial charge in [0.15, 0.2) is 0 Å². The maximum atomic E-state index is 13.1. The molecule has 2 aromatic rings. The van der Waals surface area contributed by atoms with Crippen LogP contribution >= 0.6 is 27.5 Å². The lowest BCUT2D eigenvalue weighted by Gasteiger charge is -2.18. The Morgan fingerprint density at radius 3 is 2.47 bits per heavy atom. The van der Waals surface area contributed by atoms with Gasteiger partial charge in [-0.3, -0.25) is 0 Å². The van der Waals surface area contributed by atoms with Crippen LogP contribution in [0.4, 0.5) is 4.39 Å². The average Bonchev–Trinajstić information content (AvgIpc) is 2.39. The summed E-state index contributed by atoms with van der Waals surface area (Å²) >= 11 is 9.52. The second kappa shape index (κ2) is 6.51. The fourth-order valence-corrected chi connectivity index (χ4v) is 2.57. The van der Waals surface area contributed by atoms with E-state index in [9.17, 15) is 4.39 Å². The summed E-state index contributed by atoms with van der Waals surface area (Å²) in [6.07, 6.45) is 0.801. The molecule has 0 saturated heterocycles. The molecule has 19 heavy (non-hydrogen) atoms. The molecule has 0 saturated carbocycles. The number of benzene rings is 2. The van der Waals surface area contributed by atoms with Crippen molar-refractivity contribution in [2.45, 2.75) is 12.5 Å². The van der Waals surface area contributed by atoms with Crippen LogP contribution in [0.5, 0.6) is 0 Å². The van der Waals surface area contributed by atoms with E-state index in [4.69, 9.17) is 11.6 Å². The zero-order valence-corrected chi connectivity index (χ0v) is 12.8. The summed E-state index contributed by atoms with van der Waals surface area (Å²) < 4.78 is 14.1. The molecule has 0 spiro atoms. The minimum Gasteiger partial charge on any atom is -0.313 e. The Balaban J connectivity index is 2.22. The summed E-state index contributed by atoms with van der Waals surface area (Å²) in [5, 5.41) is 3.68. The monoisotopic (exact) mass is 341 g/mol. The highest BCUT2D eigenvalue weighted by Gasteiger charge is 2.14. The quantitative estimate of drug-likeness (QED) is 0.846. The fraction of sp³-hybridized carbons (Fsp3) is 0.200. The van der Waals surface area contributed by atoms with Crippen molar-refractivity contribution in [1.29, 1.82) is 0 Å². The van der Waals surface area contributed by atoms with Crippen LogP contribution < -0.4 is 5.32 Å². The van der Waals surface area contributed by atoms with Gasteiger partial charge in [-0.2, -0.15) is 0 Å². The van der Waals surface area contributed by atoms with Crippen molar-refractivity contribution in [2.24, 2.45) is 0 Å². The van der Waals surface area contributed by atoms with Gasteiger partial charge in [-0.05, 0) is 48.9 Å². The van der Waals surface area contributed by atoms with Crippen molar-refractivity contribution >= 4 is 27.5 Å². The first-order valence-corrected chi connectivity index (χ1v) is 7.14. The number of halogens is 3. The standard InChI is InChI=1S/C15H14BrClFN/c1-19-15(8-10-2-4-11(16)5-3-10)13-7-6-12(18)9-14(13)17/h2-7,9,15,19H,8H2,1H3. The van der Waals surface area contributed by atoms with Gasteiger partial charge >= 0.3 is 0 Å². The lowest BCUT2D eigenvalue weighted by molar-refractivity contribution is 0.586. The summed E-state index contributed by atoms with van der Waals surface area (Å²) in [7, 11) is 1.88. The molecule has 1 atom stereocenters. The smallest absolute Gasteiger partial charge is 0.124 e. The minimum atomic E-state index is -0.313. The number of hydrogen-bond donors (Lipinski definition) is 1. The number of rotatable bonds is 4. The highest BCUT2D eigenvalue weighted by Crippen LogP contribution is 2.26. The van der Waals surface area contributed by atoms with Crippen molar-refractivity contribution in [3.8, 4) is 0 Å². The lowest BCUT2D eigenvalue weighted by Crippen LogP contribution is -2.19. The van der Waals surface area contributed by atoms with E-state index in [2.05, 4.69) is 33.4 Å². The first kappa shape index (κ1) is 14.5. The SMILES string of the molecule is CNC(Cc1ccc(Br)cc1)c1ccc(F)cc1Cl. The van der Waals surface area contributed by atoms with Crippen LogP contribution in [-0.4, -0.2) is 7.05 Å². The highest BCUT2D eigenvalue weighted by atomic mass is 79.9. The Hall–Kier alpha value is -0.900. The maximum Gasteiger partial charge on any atom is 0.124 e. The third-order valence-corrected chi connectivity index (χ3v) is 3.90. The van der Waals surface area contributed by atoms with Crippen molar-refractivity contribution in [2.75, 3.05) is 7.05 Å². The van der Waals surface area contributed by atoms with E-state index in [0.717, 1.165) is 16.5 Å². The second-order valence-corrected chi connectivity index (χ2v) is 5.66. The van der Waals surface area contributed by atoms with Crippen molar-refractivity contribution in [3.05, 3.63) is 68.9 Å². The predicted octanol–water partition coefficient (Wildman–Crippen LogP) is 4.74. The summed E-state index contributed by atoms with van der Waals surface area (Å²) in [5.74, 6) is -0.313. The van der Waals surface area contributed by atoms with Gasteiger partial charge in [0.2, 0.25) is 0 Å². The van der Waals surface area contributed by atoms with Gasteiger partial charge < -0.3 is 5.32 Å². The molecule has 0 aliphatic rings. The molecule has 2 rings (SSSR count). The molecular weight excluding hydrogens is 329 g/mol. The van der Waals surface area contributed by atoms with E-state index in [1.165, 1.54) is 17.7 Å². The zero-order valence-electron chi connectivity index (χ0n) is 10.5.